The normalized spacial score (nSPS) is 26.7. The molecular formula is C32H36N2O3. The molecule has 2 aromatic carbocycles. The maximum absolute atomic E-state index is 14.0. The average molecular weight is 497 g/mol. The van der Waals surface area contributed by atoms with Crippen LogP contribution in [-0.4, -0.2) is 23.9 Å². The summed E-state index contributed by atoms with van der Waals surface area (Å²) in [4.78, 5) is 33.3. The van der Waals surface area contributed by atoms with Crippen LogP contribution >= 0.6 is 0 Å². The van der Waals surface area contributed by atoms with Gasteiger partial charge >= 0.3 is 0 Å². The van der Waals surface area contributed by atoms with Crippen molar-refractivity contribution in [3.63, 3.8) is 0 Å². The van der Waals surface area contributed by atoms with E-state index >= 15 is 0 Å². The van der Waals surface area contributed by atoms with Gasteiger partial charge in [-0.2, -0.15) is 0 Å². The van der Waals surface area contributed by atoms with Gasteiger partial charge in [0.2, 0.25) is 11.8 Å². The van der Waals surface area contributed by atoms with E-state index in [1.807, 2.05) is 24.3 Å². The molecule has 5 heteroatoms. The smallest absolute Gasteiger partial charge is 0.242 e. The monoisotopic (exact) mass is 496 g/mol. The molecule has 5 nitrogen and oxygen atoms in total. The molecule has 1 aromatic heterocycles. The summed E-state index contributed by atoms with van der Waals surface area (Å²) in [5.74, 6) is 1.51. The molecule has 5 atom stereocenters. The van der Waals surface area contributed by atoms with E-state index in [-0.39, 0.29) is 23.7 Å². The highest BCUT2D eigenvalue weighted by Gasteiger charge is 2.58. The Kier molecular flexibility index (Phi) is 5.97. The van der Waals surface area contributed by atoms with Crippen LogP contribution in [0.3, 0.4) is 0 Å². The zero-order valence-corrected chi connectivity index (χ0v) is 22.2. The van der Waals surface area contributed by atoms with E-state index in [1.165, 1.54) is 28.1 Å². The molecule has 1 saturated heterocycles. The highest BCUT2D eigenvalue weighted by molar-refractivity contribution is 6.24. The van der Waals surface area contributed by atoms with E-state index in [0.717, 1.165) is 30.5 Å². The van der Waals surface area contributed by atoms with Gasteiger partial charge in [-0.25, -0.2) is 4.90 Å². The van der Waals surface area contributed by atoms with E-state index in [9.17, 15) is 9.59 Å². The first-order valence-corrected chi connectivity index (χ1v) is 13.6. The molecule has 37 heavy (non-hydrogen) atoms. The van der Waals surface area contributed by atoms with Gasteiger partial charge in [0.05, 0.1) is 24.6 Å². The van der Waals surface area contributed by atoms with Crippen LogP contribution in [0.4, 0.5) is 5.69 Å². The lowest BCUT2D eigenvalue weighted by Gasteiger charge is -2.44. The molecule has 3 aliphatic rings. The third-order valence-corrected chi connectivity index (χ3v) is 9.18. The van der Waals surface area contributed by atoms with Gasteiger partial charge in [0.15, 0.2) is 0 Å². The summed E-state index contributed by atoms with van der Waals surface area (Å²) in [6, 6.07) is 18.1. The zero-order chi connectivity index (χ0) is 25.8. The second-order valence-electron chi connectivity index (χ2n) is 11.6. The fourth-order valence-electron chi connectivity index (χ4n) is 7.17. The van der Waals surface area contributed by atoms with E-state index < -0.39 is 5.92 Å². The summed E-state index contributed by atoms with van der Waals surface area (Å²) >= 11 is 0. The number of carbonyl (C=O) groups excluding carboxylic acids is 2. The number of aromatic amines is 1. The topological polar surface area (TPSA) is 62.4 Å². The molecule has 6 rings (SSSR count). The molecule has 1 N–H and O–H groups in total. The molecule has 192 valence electrons. The van der Waals surface area contributed by atoms with Gasteiger partial charge in [0.25, 0.3) is 0 Å². The van der Waals surface area contributed by atoms with Crippen molar-refractivity contribution in [2.24, 2.45) is 23.7 Å². The minimum Gasteiger partial charge on any atom is -0.497 e. The van der Waals surface area contributed by atoms with Gasteiger partial charge in [-0.15, -0.1) is 0 Å². The summed E-state index contributed by atoms with van der Waals surface area (Å²) in [5.41, 5.74) is 6.50. The van der Waals surface area contributed by atoms with Crippen LogP contribution in [0.15, 0.2) is 54.6 Å². The Morgan fingerprint density at radius 1 is 1.00 bits per heavy atom. The Morgan fingerprint density at radius 2 is 1.73 bits per heavy atom. The number of methoxy groups -OCH3 is 1. The number of amides is 2. The molecule has 0 spiro atoms. The Morgan fingerprint density at radius 3 is 2.41 bits per heavy atom. The van der Waals surface area contributed by atoms with Crippen molar-refractivity contribution in [2.75, 3.05) is 12.0 Å². The highest BCUT2D eigenvalue weighted by Crippen LogP contribution is 2.57. The number of H-pyrrole nitrogens is 1. The van der Waals surface area contributed by atoms with Gasteiger partial charge < -0.3 is 9.72 Å². The van der Waals surface area contributed by atoms with Crippen molar-refractivity contribution in [1.82, 2.24) is 4.98 Å². The molecule has 2 fully saturated rings. The second-order valence-corrected chi connectivity index (χ2v) is 11.6. The van der Waals surface area contributed by atoms with Crippen LogP contribution in [0.25, 0.3) is 0 Å². The molecular weight excluding hydrogens is 460 g/mol. The van der Waals surface area contributed by atoms with Crippen LogP contribution in [0, 0.1) is 30.6 Å². The Hall–Kier alpha value is -3.34. The summed E-state index contributed by atoms with van der Waals surface area (Å²) < 4.78 is 5.30. The largest absolute Gasteiger partial charge is 0.497 e. The number of hydrogen-bond acceptors (Lipinski definition) is 3. The summed E-state index contributed by atoms with van der Waals surface area (Å²) in [7, 11) is 1.62. The summed E-state index contributed by atoms with van der Waals surface area (Å²) in [6.07, 6.45) is 4.04. The van der Waals surface area contributed by atoms with Crippen LogP contribution < -0.4 is 9.64 Å². The van der Waals surface area contributed by atoms with Gasteiger partial charge in [-0.1, -0.05) is 43.7 Å². The predicted octanol–water partition coefficient (Wildman–Crippen LogP) is 6.37. The minimum absolute atomic E-state index is 0.0356. The fraction of sp³-hybridized carbons (Fsp3) is 0.438. The van der Waals surface area contributed by atoms with Gasteiger partial charge in [0.1, 0.15) is 5.75 Å². The van der Waals surface area contributed by atoms with Crippen LogP contribution in [0.2, 0.25) is 0 Å². The number of nitrogens with one attached hydrogen (secondary N) is 1. The van der Waals surface area contributed by atoms with Gasteiger partial charge in [0, 0.05) is 23.7 Å². The number of anilines is 1. The number of imide groups is 1. The second kappa shape index (κ2) is 9.20. The van der Waals surface area contributed by atoms with Crippen molar-refractivity contribution < 1.29 is 14.3 Å². The van der Waals surface area contributed by atoms with Crippen LogP contribution in [0.5, 0.6) is 5.75 Å². The standard InChI is InChI=1S/C32H36N2O3/c1-18(2)21-9-14-25-26(16-21)28-29(32(36)34(31(28)35)23-10-12-24(37-4)13-11-23)27-17-22(33-30(25)27)15-20-7-5-19(3)6-8-20/h5-8,10-13,17-18,21,25-26,28-29,33H,9,14-16H2,1-4H3/t21?,25-,26-,28-,29+/m0/s1. The third kappa shape index (κ3) is 4.00. The predicted molar refractivity (Wildman–Crippen MR) is 145 cm³/mol. The van der Waals surface area contributed by atoms with E-state index in [2.05, 4.69) is 56.1 Å². The molecule has 3 aromatic rings. The maximum Gasteiger partial charge on any atom is 0.242 e. The molecule has 0 bridgehead atoms. The molecule has 1 unspecified atom stereocenters. The SMILES string of the molecule is COc1ccc(N2C(=O)[C@H]3[C@H]4CC(C(C)C)CC[C@@H]4c4[nH]c(Cc5ccc(C)cc5)cc4[C@H]3C2=O)cc1. The zero-order valence-electron chi connectivity index (χ0n) is 22.2. The summed E-state index contributed by atoms with van der Waals surface area (Å²) in [6.45, 7) is 6.68. The van der Waals surface area contributed by atoms with Crippen molar-refractivity contribution >= 4 is 17.5 Å². The van der Waals surface area contributed by atoms with E-state index in [1.54, 1.807) is 7.11 Å². The van der Waals surface area contributed by atoms with Crippen LogP contribution in [0.1, 0.15) is 73.0 Å². The number of hydrogen-bond donors (Lipinski definition) is 1. The number of benzene rings is 2. The van der Waals surface area contributed by atoms with Gasteiger partial charge in [-0.05, 0) is 85.4 Å². The highest BCUT2D eigenvalue weighted by atomic mass is 16.5. The summed E-state index contributed by atoms with van der Waals surface area (Å²) in [5, 5.41) is 0. The Labute approximate surface area is 219 Å². The van der Waals surface area contributed by atoms with Crippen LogP contribution in [-0.2, 0) is 16.0 Å². The lowest BCUT2D eigenvalue weighted by molar-refractivity contribution is -0.123. The first-order valence-electron chi connectivity index (χ1n) is 13.6. The Balaban J connectivity index is 1.41. The minimum atomic E-state index is -0.417. The Bertz CT molecular complexity index is 1320. The number of aromatic nitrogens is 1. The molecule has 1 aliphatic heterocycles. The molecule has 2 aliphatic carbocycles. The lowest BCUT2D eigenvalue weighted by Crippen LogP contribution is -2.40. The van der Waals surface area contributed by atoms with E-state index in [0.29, 0.717) is 29.2 Å². The number of nitrogens with zero attached hydrogens (tertiary/aromatic N) is 1. The number of rotatable bonds is 5. The average Bonchev–Trinajstić information content (AvgIpc) is 3.43. The van der Waals surface area contributed by atoms with Crippen molar-refractivity contribution in [1.29, 1.82) is 0 Å². The van der Waals surface area contributed by atoms with Gasteiger partial charge in [-0.3, -0.25) is 9.59 Å². The first-order chi connectivity index (χ1) is 17.9. The maximum atomic E-state index is 14.0. The van der Waals surface area contributed by atoms with Crippen molar-refractivity contribution in [2.45, 2.75) is 58.3 Å². The van der Waals surface area contributed by atoms with E-state index in [4.69, 9.17) is 4.74 Å². The number of carbonyl (C=O) groups is 2. The lowest BCUT2D eigenvalue weighted by atomic mass is 9.58. The van der Waals surface area contributed by atoms with Crippen molar-refractivity contribution in [3.05, 3.63) is 82.7 Å². The first kappa shape index (κ1) is 24.0. The molecule has 2 amide bonds. The number of ether oxygens (including phenoxy) is 1. The van der Waals surface area contributed by atoms with Crippen molar-refractivity contribution in [3.8, 4) is 5.75 Å². The number of aryl methyl sites for hydroxylation is 1. The molecule has 0 radical (unpaired) electrons. The molecule has 2 heterocycles. The molecule has 1 saturated carbocycles. The number of fused-ring (bicyclic) bond motifs is 6. The fourth-order valence-corrected chi connectivity index (χ4v) is 7.17. The third-order valence-electron chi connectivity index (χ3n) is 9.18. The quantitative estimate of drug-likeness (QED) is 0.418.